The van der Waals surface area contributed by atoms with E-state index < -0.39 is 11.9 Å². The Kier molecular flexibility index (Phi) is 3.48. The highest BCUT2D eigenvalue weighted by Gasteiger charge is 2.28. The summed E-state index contributed by atoms with van der Waals surface area (Å²) in [6, 6.07) is 8.55. The van der Waals surface area contributed by atoms with Crippen molar-refractivity contribution in [3.05, 3.63) is 53.9 Å². The number of carboxylic acids is 2. The highest BCUT2D eigenvalue weighted by atomic mass is 16.4. The van der Waals surface area contributed by atoms with Crippen LogP contribution in [-0.4, -0.2) is 41.3 Å². The average molecular weight is 376 g/mol. The zero-order valence-corrected chi connectivity index (χ0v) is 14.7. The van der Waals surface area contributed by atoms with Crippen LogP contribution in [0.4, 0.5) is 0 Å². The van der Waals surface area contributed by atoms with Crippen molar-refractivity contribution in [3.8, 4) is 11.4 Å². The second-order valence-electron chi connectivity index (χ2n) is 7.08. The Morgan fingerprint density at radius 2 is 1.96 bits per heavy atom. The van der Waals surface area contributed by atoms with Crippen molar-refractivity contribution in [3.63, 3.8) is 0 Å². The summed E-state index contributed by atoms with van der Waals surface area (Å²) in [5.41, 5.74) is 2.23. The molecule has 2 N–H and O–H groups in total. The molecule has 0 saturated heterocycles. The summed E-state index contributed by atoms with van der Waals surface area (Å²) in [7, 11) is 0. The molecule has 0 aromatic carbocycles. The Morgan fingerprint density at radius 3 is 2.68 bits per heavy atom. The molecule has 28 heavy (non-hydrogen) atoms. The predicted molar refractivity (Wildman–Crippen MR) is 101 cm³/mol. The third kappa shape index (κ3) is 2.53. The fourth-order valence-corrected chi connectivity index (χ4v) is 3.59. The fourth-order valence-electron chi connectivity index (χ4n) is 3.59. The molecule has 8 heteroatoms. The maximum atomic E-state index is 12.1. The molecule has 140 valence electrons. The molecule has 0 unspecified atom stereocenters. The predicted octanol–water partition coefficient (Wildman–Crippen LogP) is 3.16. The number of carboxylic acid groups (broad SMARTS) is 2. The van der Waals surface area contributed by atoms with E-state index in [1.165, 1.54) is 22.8 Å². The first-order valence-corrected chi connectivity index (χ1v) is 8.96. The number of aromatic carboxylic acids is 2. The van der Waals surface area contributed by atoms with Crippen LogP contribution >= 0.6 is 0 Å². The van der Waals surface area contributed by atoms with E-state index in [9.17, 15) is 19.8 Å². The number of fused-ring (bicyclic) bond motifs is 2. The molecular weight excluding hydrogens is 360 g/mol. The standard InChI is InChI=1S/C20H16N4O4/c25-19(26)13-5-6-14-16(20(27)28)17(22-24(14)10-13)15-8-12-2-1-7-21-18(12)23(15)9-11-3-4-11/h1-2,5-8,10-11H,3-4,9H2,(H,25,26)(H,27,28). The summed E-state index contributed by atoms with van der Waals surface area (Å²) in [5, 5.41) is 24.4. The van der Waals surface area contributed by atoms with Crippen LogP contribution in [0, 0.1) is 5.92 Å². The normalized spacial score (nSPS) is 14.0. The van der Waals surface area contributed by atoms with Crippen molar-refractivity contribution in [1.29, 1.82) is 0 Å². The molecule has 1 fully saturated rings. The van der Waals surface area contributed by atoms with Crippen LogP contribution in [0.25, 0.3) is 27.9 Å². The van der Waals surface area contributed by atoms with Crippen LogP contribution in [0.15, 0.2) is 42.7 Å². The zero-order chi connectivity index (χ0) is 19.4. The topological polar surface area (TPSA) is 110 Å². The monoisotopic (exact) mass is 376 g/mol. The highest BCUT2D eigenvalue weighted by molar-refractivity contribution is 6.03. The SMILES string of the molecule is O=C(O)c1ccc2c(C(=O)O)c(-c3cc4cccnc4n3CC3CC3)nn2c1. The van der Waals surface area contributed by atoms with Gasteiger partial charge in [0.1, 0.15) is 16.9 Å². The summed E-state index contributed by atoms with van der Waals surface area (Å²) in [6.07, 6.45) is 5.34. The number of hydrogen-bond acceptors (Lipinski definition) is 4. The summed E-state index contributed by atoms with van der Waals surface area (Å²) in [5.74, 6) is -1.65. The minimum Gasteiger partial charge on any atom is -0.478 e. The van der Waals surface area contributed by atoms with Gasteiger partial charge >= 0.3 is 11.9 Å². The van der Waals surface area contributed by atoms with Gasteiger partial charge in [0.15, 0.2) is 0 Å². The Morgan fingerprint density at radius 1 is 1.14 bits per heavy atom. The maximum absolute atomic E-state index is 12.1. The molecule has 0 aliphatic heterocycles. The van der Waals surface area contributed by atoms with Gasteiger partial charge in [-0.2, -0.15) is 5.10 Å². The number of hydrogen-bond donors (Lipinski definition) is 2. The molecular formula is C20H16N4O4. The second kappa shape index (κ2) is 5.91. The zero-order valence-electron chi connectivity index (χ0n) is 14.7. The highest BCUT2D eigenvalue weighted by Crippen LogP contribution is 2.36. The molecule has 0 radical (unpaired) electrons. The third-order valence-electron chi connectivity index (χ3n) is 5.13. The molecule has 5 rings (SSSR count). The Balaban J connectivity index is 1.79. The molecule has 0 amide bonds. The van der Waals surface area contributed by atoms with Gasteiger partial charge < -0.3 is 14.8 Å². The summed E-state index contributed by atoms with van der Waals surface area (Å²) < 4.78 is 3.36. The lowest BCUT2D eigenvalue weighted by Gasteiger charge is -2.08. The molecule has 4 aromatic rings. The van der Waals surface area contributed by atoms with Crippen LogP contribution < -0.4 is 0 Å². The maximum Gasteiger partial charge on any atom is 0.340 e. The van der Waals surface area contributed by atoms with Gasteiger partial charge in [-0.1, -0.05) is 0 Å². The smallest absolute Gasteiger partial charge is 0.340 e. The molecule has 8 nitrogen and oxygen atoms in total. The lowest BCUT2D eigenvalue weighted by molar-refractivity contribution is 0.0688. The Labute approximate surface area is 158 Å². The first kappa shape index (κ1) is 16.5. The lowest BCUT2D eigenvalue weighted by Crippen LogP contribution is -2.05. The van der Waals surface area contributed by atoms with E-state index in [1.807, 2.05) is 22.8 Å². The third-order valence-corrected chi connectivity index (χ3v) is 5.13. The Bertz CT molecular complexity index is 1270. The van der Waals surface area contributed by atoms with Crippen molar-refractivity contribution in [1.82, 2.24) is 19.2 Å². The van der Waals surface area contributed by atoms with Gasteiger partial charge in [-0.3, -0.25) is 0 Å². The van der Waals surface area contributed by atoms with Gasteiger partial charge in [0, 0.05) is 24.3 Å². The van der Waals surface area contributed by atoms with Gasteiger partial charge in [0.2, 0.25) is 0 Å². The molecule has 0 bridgehead atoms. The van der Waals surface area contributed by atoms with Gasteiger partial charge in [0.25, 0.3) is 0 Å². The van der Waals surface area contributed by atoms with E-state index >= 15 is 0 Å². The summed E-state index contributed by atoms with van der Waals surface area (Å²) >= 11 is 0. The largest absolute Gasteiger partial charge is 0.478 e. The van der Waals surface area contributed by atoms with Crippen LogP contribution in [0.3, 0.4) is 0 Å². The summed E-state index contributed by atoms with van der Waals surface area (Å²) in [4.78, 5) is 27.8. The van der Waals surface area contributed by atoms with Crippen LogP contribution in [0.5, 0.6) is 0 Å². The van der Waals surface area contributed by atoms with E-state index in [0.29, 0.717) is 22.8 Å². The van der Waals surface area contributed by atoms with Crippen molar-refractivity contribution in [2.45, 2.75) is 19.4 Å². The van der Waals surface area contributed by atoms with Gasteiger partial charge in [-0.15, -0.1) is 0 Å². The van der Waals surface area contributed by atoms with Crippen molar-refractivity contribution < 1.29 is 19.8 Å². The van der Waals surface area contributed by atoms with Gasteiger partial charge in [-0.05, 0) is 49.1 Å². The molecule has 4 aromatic heterocycles. The van der Waals surface area contributed by atoms with Crippen LogP contribution in [0.2, 0.25) is 0 Å². The number of pyridine rings is 2. The van der Waals surface area contributed by atoms with E-state index in [1.54, 1.807) is 6.20 Å². The fraction of sp³-hybridized carbons (Fsp3) is 0.200. The first-order chi connectivity index (χ1) is 13.5. The van der Waals surface area contributed by atoms with Crippen LogP contribution in [-0.2, 0) is 6.54 Å². The van der Waals surface area contributed by atoms with E-state index in [4.69, 9.17) is 0 Å². The lowest BCUT2D eigenvalue weighted by atomic mass is 10.1. The van der Waals surface area contributed by atoms with Gasteiger partial charge in [0.05, 0.1) is 16.8 Å². The number of nitrogens with zero attached hydrogens (tertiary/aromatic N) is 4. The van der Waals surface area contributed by atoms with Crippen LogP contribution in [0.1, 0.15) is 33.6 Å². The summed E-state index contributed by atoms with van der Waals surface area (Å²) in [6.45, 7) is 0.753. The molecule has 4 heterocycles. The minimum absolute atomic E-state index is 0.0404. The number of aromatic nitrogens is 4. The van der Waals surface area contributed by atoms with Crippen molar-refractivity contribution in [2.24, 2.45) is 5.92 Å². The van der Waals surface area contributed by atoms with E-state index in [2.05, 4.69) is 10.1 Å². The Hall–Kier alpha value is -3.68. The molecule has 0 spiro atoms. The van der Waals surface area contributed by atoms with E-state index in [-0.39, 0.29) is 11.1 Å². The van der Waals surface area contributed by atoms with Gasteiger partial charge in [-0.25, -0.2) is 19.1 Å². The van der Waals surface area contributed by atoms with Crippen molar-refractivity contribution in [2.75, 3.05) is 0 Å². The second-order valence-corrected chi connectivity index (χ2v) is 7.08. The number of rotatable bonds is 5. The molecule has 1 aliphatic carbocycles. The average Bonchev–Trinajstić information content (AvgIpc) is 3.30. The minimum atomic E-state index is -1.11. The quantitative estimate of drug-likeness (QED) is 0.554. The van der Waals surface area contributed by atoms with Crippen molar-refractivity contribution >= 4 is 28.5 Å². The van der Waals surface area contributed by atoms with E-state index in [0.717, 1.165) is 30.4 Å². The molecule has 0 atom stereocenters. The number of carbonyl (C=O) groups is 2. The molecule has 1 saturated carbocycles. The first-order valence-electron chi connectivity index (χ1n) is 8.96. The molecule has 1 aliphatic rings.